The average Bonchev–Trinajstić information content (AvgIpc) is 3.46. The molecule has 2 aromatic rings. The van der Waals surface area contributed by atoms with E-state index in [-0.39, 0.29) is 10.8 Å². The van der Waals surface area contributed by atoms with E-state index in [0.717, 1.165) is 50.8 Å². The number of ether oxygens (including phenoxy) is 1. The molecule has 2 heterocycles. The van der Waals surface area contributed by atoms with Crippen molar-refractivity contribution in [2.45, 2.75) is 50.0 Å². The SMILES string of the molecule is CNC[C@H]1COc2c([S@@](N)(=O)=NC(=O)Nc3c4c(cc5c3CCC5)CCC4)cnn2C1. The number of carbonyl (C=O) groups is 1. The maximum absolute atomic E-state index is 13.2. The molecule has 0 saturated heterocycles. The number of aryl methyl sites for hydroxylation is 2. The maximum atomic E-state index is 13.2. The highest BCUT2D eigenvalue weighted by atomic mass is 32.2. The molecule has 1 aromatic carbocycles. The monoisotopic (exact) mass is 444 g/mol. The highest BCUT2D eigenvalue weighted by Crippen LogP contribution is 2.38. The summed E-state index contributed by atoms with van der Waals surface area (Å²) < 4.78 is 24.5. The smallest absolute Gasteiger partial charge is 0.354 e. The molecule has 0 fully saturated rings. The molecule has 1 aromatic heterocycles. The maximum Gasteiger partial charge on any atom is 0.354 e. The van der Waals surface area contributed by atoms with Crippen LogP contribution in [0.15, 0.2) is 21.5 Å². The van der Waals surface area contributed by atoms with Crippen LogP contribution in [0.4, 0.5) is 10.5 Å². The van der Waals surface area contributed by atoms with Gasteiger partial charge in [-0.15, -0.1) is 4.36 Å². The van der Waals surface area contributed by atoms with Crippen LogP contribution in [0.5, 0.6) is 5.88 Å². The van der Waals surface area contributed by atoms with Gasteiger partial charge in [-0.25, -0.2) is 18.8 Å². The third kappa shape index (κ3) is 3.72. The molecule has 3 aliphatic rings. The Balaban J connectivity index is 1.42. The molecule has 2 amide bonds. The van der Waals surface area contributed by atoms with Gasteiger partial charge in [0.25, 0.3) is 0 Å². The summed E-state index contributed by atoms with van der Waals surface area (Å²) in [6.45, 7) is 1.87. The number of benzene rings is 1. The average molecular weight is 445 g/mol. The van der Waals surface area contributed by atoms with Gasteiger partial charge in [-0.2, -0.15) is 5.10 Å². The van der Waals surface area contributed by atoms with Gasteiger partial charge in [-0.3, -0.25) is 0 Å². The lowest BCUT2D eigenvalue weighted by atomic mass is 9.99. The Bertz CT molecular complexity index is 1130. The second kappa shape index (κ2) is 7.92. The van der Waals surface area contributed by atoms with E-state index in [4.69, 9.17) is 9.88 Å². The van der Waals surface area contributed by atoms with Crippen molar-refractivity contribution in [2.24, 2.45) is 15.4 Å². The zero-order valence-corrected chi connectivity index (χ0v) is 18.5. The molecule has 0 bridgehead atoms. The minimum absolute atomic E-state index is 0.161. The molecule has 9 nitrogen and oxygen atoms in total. The van der Waals surface area contributed by atoms with E-state index in [1.54, 1.807) is 4.68 Å². The van der Waals surface area contributed by atoms with Crippen molar-refractivity contribution in [3.63, 3.8) is 0 Å². The van der Waals surface area contributed by atoms with Gasteiger partial charge in [0.1, 0.15) is 4.90 Å². The molecular formula is C21H28N6O3S. The Kier molecular flexibility index (Phi) is 5.23. The number of hydrogen-bond donors (Lipinski definition) is 3. The van der Waals surface area contributed by atoms with Crippen molar-refractivity contribution in [1.29, 1.82) is 0 Å². The van der Waals surface area contributed by atoms with E-state index in [0.29, 0.717) is 19.0 Å². The van der Waals surface area contributed by atoms with Crippen LogP contribution in [0.25, 0.3) is 0 Å². The van der Waals surface area contributed by atoms with E-state index in [1.165, 1.54) is 28.5 Å². The highest BCUT2D eigenvalue weighted by Gasteiger charge is 2.29. The lowest BCUT2D eigenvalue weighted by Gasteiger charge is -2.24. The quantitative estimate of drug-likeness (QED) is 0.666. The number of fused-ring (bicyclic) bond motifs is 3. The Morgan fingerprint density at radius 2 is 2.00 bits per heavy atom. The third-order valence-electron chi connectivity index (χ3n) is 6.38. The second-order valence-corrected chi connectivity index (χ2v) is 10.3. The molecule has 0 radical (unpaired) electrons. The zero-order chi connectivity index (χ0) is 21.6. The Hall–Kier alpha value is -2.43. The van der Waals surface area contributed by atoms with Gasteiger partial charge in [0, 0.05) is 18.2 Å². The number of anilines is 1. The number of urea groups is 1. The van der Waals surface area contributed by atoms with Gasteiger partial charge in [0.2, 0.25) is 5.88 Å². The van der Waals surface area contributed by atoms with Crippen LogP contribution in [0, 0.1) is 5.92 Å². The van der Waals surface area contributed by atoms with Crippen molar-refractivity contribution in [3.8, 4) is 5.88 Å². The predicted molar refractivity (Wildman–Crippen MR) is 118 cm³/mol. The molecule has 10 heteroatoms. The van der Waals surface area contributed by atoms with Gasteiger partial charge < -0.3 is 15.4 Å². The second-order valence-electron chi connectivity index (χ2n) is 8.55. The topological polar surface area (TPSA) is 124 Å². The van der Waals surface area contributed by atoms with Crippen LogP contribution in [0.1, 0.15) is 35.1 Å². The summed E-state index contributed by atoms with van der Waals surface area (Å²) in [5, 5.41) is 16.3. The van der Waals surface area contributed by atoms with Crippen molar-refractivity contribution < 1.29 is 13.7 Å². The number of rotatable bonds is 4. The molecule has 0 spiro atoms. The zero-order valence-electron chi connectivity index (χ0n) is 17.6. The van der Waals surface area contributed by atoms with Crippen LogP contribution < -0.4 is 20.5 Å². The van der Waals surface area contributed by atoms with Crippen LogP contribution >= 0.6 is 0 Å². The first-order valence-corrected chi connectivity index (χ1v) is 12.4. The van der Waals surface area contributed by atoms with E-state index in [2.05, 4.69) is 26.2 Å². The third-order valence-corrected chi connectivity index (χ3v) is 7.73. The Labute approximate surface area is 182 Å². The molecule has 0 saturated carbocycles. The summed E-state index contributed by atoms with van der Waals surface area (Å²) in [6.07, 6.45) is 7.51. The number of amides is 2. The first-order valence-electron chi connectivity index (χ1n) is 10.8. The first kappa shape index (κ1) is 20.5. The van der Waals surface area contributed by atoms with E-state index >= 15 is 0 Å². The van der Waals surface area contributed by atoms with Crippen LogP contribution in [0.3, 0.4) is 0 Å². The van der Waals surface area contributed by atoms with E-state index in [1.807, 2.05) is 7.05 Å². The minimum Gasteiger partial charge on any atom is -0.476 e. The van der Waals surface area contributed by atoms with Crippen LogP contribution in [0.2, 0.25) is 0 Å². The first-order chi connectivity index (χ1) is 15.0. The van der Waals surface area contributed by atoms with Crippen molar-refractivity contribution in [3.05, 3.63) is 34.5 Å². The van der Waals surface area contributed by atoms with Gasteiger partial charge in [-0.05, 0) is 67.8 Å². The molecule has 5 rings (SSSR count). The number of nitrogens with one attached hydrogen (secondary N) is 2. The molecule has 4 N–H and O–H groups in total. The van der Waals surface area contributed by atoms with E-state index in [9.17, 15) is 9.00 Å². The lowest BCUT2D eigenvalue weighted by Crippen LogP contribution is -2.33. The summed E-state index contributed by atoms with van der Waals surface area (Å²) in [5.41, 5.74) is 5.85. The fraction of sp³-hybridized carbons (Fsp3) is 0.524. The van der Waals surface area contributed by atoms with Gasteiger partial charge in [0.05, 0.1) is 19.3 Å². The number of carbonyl (C=O) groups excluding carboxylic acids is 1. The molecule has 2 atom stereocenters. The number of nitrogens with zero attached hydrogens (tertiary/aromatic N) is 3. The summed E-state index contributed by atoms with van der Waals surface area (Å²) in [7, 11) is -1.62. The fourth-order valence-corrected chi connectivity index (χ4v) is 6.01. The van der Waals surface area contributed by atoms with Crippen molar-refractivity contribution in [2.75, 3.05) is 25.5 Å². The van der Waals surface area contributed by atoms with Crippen molar-refractivity contribution >= 4 is 21.6 Å². The van der Waals surface area contributed by atoms with E-state index < -0.39 is 15.9 Å². The predicted octanol–water partition coefficient (Wildman–Crippen LogP) is 2.02. The Morgan fingerprint density at radius 3 is 2.68 bits per heavy atom. The molecule has 2 aliphatic carbocycles. The normalized spacial score (nSPS) is 20.9. The summed E-state index contributed by atoms with van der Waals surface area (Å²) in [5.74, 6) is 0.583. The lowest BCUT2D eigenvalue weighted by molar-refractivity contribution is 0.159. The molecule has 31 heavy (non-hydrogen) atoms. The molecular weight excluding hydrogens is 416 g/mol. The standard InChI is InChI=1S/C21H28N6O3S/c1-23-9-13-11-27-20(30-12-13)18(10-24-27)31(22,29)26-21(28)25-19-16-6-2-4-14(16)8-15-5-3-7-17(15)19/h8,10,13,23H,2-7,9,11-12H2,1H3,(H3,22,25,26,28,29)/t13-,31+/m1/s1. The van der Waals surface area contributed by atoms with Gasteiger partial charge >= 0.3 is 6.03 Å². The largest absolute Gasteiger partial charge is 0.476 e. The summed E-state index contributed by atoms with van der Waals surface area (Å²) >= 11 is 0. The highest BCUT2D eigenvalue weighted by molar-refractivity contribution is 7.91. The molecule has 0 unspecified atom stereocenters. The van der Waals surface area contributed by atoms with Crippen LogP contribution in [-0.4, -0.2) is 40.2 Å². The van der Waals surface area contributed by atoms with Crippen molar-refractivity contribution in [1.82, 2.24) is 15.1 Å². The van der Waals surface area contributed by atoms with Gasteiger partial charge in [-0.1, -0.05) is 6.07 Å². The summed E-state index contributed by atoms with van der Waals surface area (Å²) in [6, 6.07) is 1.60. The Morgan fingerprint density at radius 1 is 1.29 bits per heavy atom. The van der Waals surface area contributed by atoms with Crippen LogP contribution in [-0.2, 0) is 42.1 Å². The number of hydrogen-bond acceptors (Lipinski definition) is 5. The summed E-state index contributed by atoms with van der Waals surface area (Å²) in [4.78, 5) is 13.0. The molecule has 1 aliphatic heterocycles. The minimum atomic E-state index is -3.50. The number of aromatic nitrogens is 2. The fourth-order valence-electron chi connectivity index (χ4n) is 5.01. The molecule has 166 valence electrons. The number of nitrogens with two attached hydrogens (primary N) is 1. The van der Waals surface area contributed by atoms with Gasteiger partial charge in [0.15, 0.2) is 9.92 Å².